The third-order valence-electron chi connectivity index (χ3n) is 5.10. The van der Waals surface area contributed by atoms with Crippen molar-refractivity contribution in [2.75, 3.05) is 13.2 Å². The Hall–Kier alpha value is -2.37. The van der Waals surface area contributed by atoms with Crippen molar-refractivity contribution in [3.63, 3.8) is 0 Å². The van der Waals surface area contributed by atoms with Crippen molar-refractivity contribution in [2.24, 2.45) is 0 Å². The molecule has 1 aliphatic carbocycles. The summed E-state index contributed by atoms with van der Waals surface area (Å²) in [4.78, 5) is 11.2. The summed E-state index contributed by atoms with van der Waals surface area (Å²) >= 11 is 0. The van der Waals surface area contributed by atoms with E-state index in [0.29, 0.717) is 19.1 Å². The van der Waals surface area contributed by atoms with Crippen LogP contribution >= 0.6 is 0 Å². The SMILES string of the molecule is CC(=O)NCc1ccc2c(c1)CC(NC[C@H](O)COc1ccccc1)CCC2. The summed E-state index contributed by atoms with van der Waals surface area (Å²) in [6.07, 6.45) is 3.69. The van der Waals surface area contributed by atoms with Crippen molar-refractivity contribution in [3.05, 3.63) is 65.2 Å². The Morgan fingerprint density at radius 3 is 2.82 bits per heavy atom. The van der Waals surface area contributed by atoms with Crippen molar-refractivity contribution < 1.29 is 14.6 Å². The number of hydrogen-bond acceptors (Lipinski definition) is 4. The first kappa shape index (κ1) is 20.4. The number of benzene rings is 2. The van der Waals surface area contributed by atoms with Gasteiger partial charge in [-0.3, -0.25) is 4.79 Å². The van der Waals surface area contributed by atoms with E-state index in [-0.39, 0.29) is 12.5 Å². The summed E-state index contributed by atoms with van der Waals surface area (Å²) in [5.74, 6) is 0.762. The van der Waals surface area contributed by atoms with Crippen LogP contribution < -0.4 is 15.4 Å². The van der Waals surface area contributed by atoms with E-state index in [9.17, 15) is 9.90 Å². The van der Waals surface area contributed by atoms with Crippen molar-refractivity contribution in [1.82, 2.24) is 10.6 Å². The topological polar surface area (TPSA) is 70.6 Å². The lowest BCUT2D eigenvalue weighted by Crippen LogP contribution is -2.39. The van der Waals surface area contributed by atoms with E-state index in [1.54, 1.807) is 0 Å². The van der Waals surface area contributed by atoms with Crippen LogP contribution in [0.1, 0.15) is 36.5 Å². The Balaban J connectivity index is 1.50. The molecule has 5 heteroatoms. The Bertz CT molecular complexity index is 764. The zero-order valence-corrected chi connectivity index (χ0v) is 16.5. The molecule has 2 atom stereocenters. The van der Waals surface area contributed by atoms with Crippen LogP contribution in [0.15, 0.2) is 48.5 Å². The number of nitrogens with one attached hydrogen (secondary N) is 2. The van der Waals surface area contributed by atoms with Crippen LogP contribution in [0, 0.1) is 0 Å². The molecule has 0 radical (unpaired) electrons. The molecule has 0 heterocycles. The standard InChI is InChI=1S/C23H30N2O3/c1-17(26)24-14-18-10-11-19-6-5-7-21(13-20(19)12-18)25-15-22(27)16-28-23-8-3-2-4-9-23/h2-4,8-12,21-22,25,27H,5-7,13-16H2,1H3,(H,24,26)/t21?,22-/m0/s1. The van der Waals surface area contributed by atoms with Crippen LogP contribution in [-0.4, -0.2) is 36.3 Å². The molecular weight excluding hydrogens is 352 g/mol. The minimum Gasteiger partial charge on any atom is -0.491 e. The molecule has 1 amide bonds. The molecule has 2 aromatic rings. The van der Waals surface area contributed by atoms with Gasteiger partial charge in [0.25, 0.3) is 0 Å². The maximum absolute atomic E-state index is 11.2. The smallest absolute Gasteiger partial charge is 0.217 e. The number of hydrogen-bond donors (Lipinski definition) is 3. The van der Waals surface area contributed by atoms with E-state index in [1.807, 2.05) is 30.3 Å². The molecule has 150 valence electrons. The van der Waals surface area contributed by atoms with Crippen molar-refractivity contribution in [3.8, 4) is 5.75 Å². The van der Waals surface area contributed by atoms with E-state index in [4.69, 9.17) is 4.74 Å². The Labute approximate surface area is 167 Å². The highest BCUT2D eigenvalue weighted by Gasteiger charge is 2.18. The number of aliphatic hydroxyl groups is 1. The largest absolute Gasteiger partial charge is 0.491 e. The first-order chi connectivity index (χ1) is 13.6. The van der Waals surface area contributed by atoms with Crippen LogP contribution in [0.2, 0.25) is 0 Å². The molecule has 28 heavy (non-hydrogen) atoms. The van der Waals surface area contributed by atoms with Gasteiger partial charge >= 0.3 is 0 Å². The summed E-state index contributed by atoms with van der Waals surface area (Å²) < 4.78 is 5.63. The van der Waals surface area contributed by atoms with Crippen LogP contribution in [0.3, 0.4) is 0 Å². The van der Waals surface area contributed by atoms with Gasteiger partial charge in [0.05, 0.1) is 0 Å². The van der Waals surface area contributed by atoms with Gasteiger partial charge in [-0.05, 0) is 54.5 Å². The second-order valence-corrected chi connectivity index (χ2v) is 7.49. The van der Waals surface area contributed by atoms with Crippen LogP contribution in [0.4, 0.5) is 0 Å². The highest BCUT2D eigenvalue weighted by molar-refractivity contribution is 5.72. The van der Waals surface area contributed by atoms with Crippen LogP contribution in [-0.2, 0) is 24.2 Å². The second-order valence-electron chi connectivity index (χ2n) is 7.49. The minimum atomic E-state index is -0.547. The number of carbonyl (C=O) groups is 1. The van der Waals surface area contributed by atoms with E-state index >= 15 is 0 Å². The lowest BCUT2D eigenvalue weighted by atomic mass is 9.99. The van der Waals surface area contributed by atoms with E-state index in [2.05, 4.69) is 28.8 Å². The van der Waals surface area contributed by atoms with E-state index < -0.39 is 6.10 Å². The summed E-state index contributed by atoms with van der Waals surface area (Å²) in [6, 6.07) is 16.4. The number of ether oxygens (including phenoxy) is 1. The number of para-hydroxylation sites is 1. The molecular formula is C23H30N2O3. The van der Waals surface area contributed by atoms with Crippen molar-refractivity contribution >= 4 is 5.91 Å². The predicted molar refractivity (Wildman–Crippen MR) is 110 cm³/mol. The first-order valence-corrected chi connectivity index (χ1v) is 10.0. The monoisotopic (exact) mass is 382 g/mol. The summed E-state index contributed by atoms with van der Waals surface area (Å²) in [5, 5.41) is 16.6. The molecule has 0 saturated heterocycles. The lowest BCUT2D eigenvalue weighted by Gasteiger charge is -2.20. The van der Waals surface area contributed by atoms with E-state index in [0.717, 1.165) is 37.0 Å². The summed E-state index contributed by atoms with van der Waals surface area (Å²) in [7, 11) is 0. The summed E-state index contributed by atoms with van der Waals surface area (Å²) in [5.41, 5.74) is 3.86. The number of amides is 1. The average Bonchev–Trinajstić information content (AvgIpc) is 2.91. The fourth-order valence-electron chi connectivity index (χ4n) is 3.60. The highest BCUT2D eigenvalue weighted by Crippen LogP contribution is 2.22. The third-order valence-corrected chi connectivity index (χ3v) is 5.10. The number of carbonyl (C=O) groups excluding carboxylic acids is 1. The normalized spacial score (nSPS) is 17.3. The first-order valence-electron chi connectivity index (χ1n) is 10.0. The maximum atomic E-state index is 11.2. The van der Waals surface area contributed by atoms with Gasteiger partial charge < -0.3 is 20.5 Å². The fraction of sp³-hybridized carbons (Fsp3) is 0.435. The summed E-state index contributed by atoms with van der Waals surface area (Å²) in [6.45, 7) is 2.89. The maximum Gasteiger partial charge on any atom is 0.217 e. The van der Waals surface area contributed by atoms with Crippen molar-refractivity contribution in [2.45, 2.75) is 51.3 Å². The van der Waals surface area contributed by atoms with Gasteiger partial charge in [-0.25, -0.2) is 0 Å². The molecule has 1 unspecified atom stereocenters. The molecule has 0 saturated carbocycles. The predicted octanol–water partition coefficient (Wildman–Crippen LogP) is 2.60. The van der Waals surface area contributed by atoms with Gasteiger partial charge in [-0.1, -0.05) is 36.4 Å². The zero-order chi connectivity index (χ0) is 19.8. The molecule has 2 aromatic carbocycles. The number of aliphatic hydroxyl groups excluding tert-OH is 1. The molecule has 0 aliphatic heterocycles. The molecule has 0 spiro atoms. The van der Waals surface area contributed by atoms with Crippen molar-refractivity contribution in [1.29, 1.82) is 0 Å². The number of aryl methyl sites for hydroxylation is 1. The van der Waals surface area contributed by atoms with Gasteiger partial charge in [-0.2, -0.15) is 0 Å². The molecule has 0 aromatic heterocycles. The number of rotatable bonds is 8. The van der Waals surface area contributed by atoms with Gasteiger partial charge in [0.1, 0.15) is 18.5 Å². The molecule has 5 nitrogen and oxygen atoms in total. The molecule has 1 aliphatic rings. The lowest BCUT2D eigenvalue weighted by molar-refractivity contribution is -0.119. The Morgan fingerprint density at radius 2 is 2.04 bits per heavy atom. The Kier molecular flexibility index (Phi) is 7.46. The van der Waals surface area contributed by atoms with Crippen LogP contribution in [0.5, 0.6) is 5.75 Å². The third kappa shape index (κ3) is 6.36. The zero-order valence-electron chi connectivity index (χ0n) is 16.5. The van der Waals surface area contributed by atoms with Gasteiger partial charge in [0.15, 0.2) is 0 Å². The molecule has 0 bridgehead atoms. The quantitative estimate of drug-likeness (QED) is 0.614. The molecule has 3 rings (SSSR count). The molecule has 0 fully saturated rings. The second kappa shape index (κ2) is 10.2. The fourth-order valence-corrected chi connectivity index (χ4v) is 3.60. The van der Waals surface area contributed by atoms with E-state index in [1.165, 1.54) is 18.1 Å². The van der Waals surface area contributed by atoms with Gasteiger partial charge in [-0.15, -0.1) is 0 Å². The number of fused-ring (bicyclic) bond motifs is 1. The average molecular weight is 383 g/mol. The highest BCUT2D eigenvalue weighted by atomic mass is 16.5. The molecule has 3 N–H and O–H groups in total. The van der Waals surface area contributed by atoms with Gasteiger partial charge in [0, 0.05) is 26.1 Å². The Morgan fingerprint density at radius 1 is 1.21 bits per heavy atom. The van der Waals surface area contributed by atoms with Crippen LogP contribution in [0.25, 0.3) is 0 Å². The van der Waals surface area contributed by atoms with Gasteiger partial charge in [0.2, 0.25) is 5.91 Å². The minimum absolute atomic E-state index is 0.0128.